The third-order valence-corrected chi connectivity index (χ3v) is 3.71. The van der Waals surface area contributed by atoms with E-state index in [0.29, 0.717) is 5.92 Å². The molecule has 1 aromatic carbocycles. The van der Waals surface area contributed by atoms with Crippen molar-refractivity contribution in [1.82, 2.24) is 0 Å². The number of ether oxygens (including phenoxy) is 2. The SMILES string of the molecule is COC(=O)[C@H](C)[C@@H]1O[C@H](c2ccccc2)C[C@H]1C. The molecule has 4 atom stereocenters. The highest BCUT2D eigenvalue weighted by molar-refractivity contribution is 5.72. The molecule has 1 fully saturated rings. The smallest absolute Gasteiger partial charge is 0.311 e. The molecule has 0 spiro atoms. The molecule has 0 saturated carbocycles. The van der Waals surface area contributed by atoms with Crippen LogP contribution in [-0.2, 0) is 14.3 Å². The maximum absolute atomic E-state index is 11.6. The average molecular weight is 248 g/mol. The molecule has 18 heavy (non-hydrogen) atoms. The van der Waals surface area contributed by atoms with Gasteiger partial charge in [-0.15, -0.1) is 0 Å². The molecule has 1 aliphatic heterocycles. The number of hydrogen-bond donors (Lipinski definition) is 0. The Kier molecular flexibility index (Phi) is 4.02. The van der Waals surface area contributed by atoms with Crippen molar-refractivity contribution in [2.75, 3.05) is 7.11 Å². The lowest BCUT2D eigenvalue weighted by atomic mass is 9.91. The number of rotatable bonds is 3. The predicted octanol–water partition coefficient (Wildman–Crippen LogP) is 2.96. The van der Waals surface area contributed by atoms with Crippen LogP contribution >= 0.6 is 0 Å². The van der Waals surface area contributed by atoms with E-state index in [1.54, 1.807) is 0 Å². The summed E-state index contributed by atoms with van der Waals surface area (Å²) in [5, 5.41) is 0. The van der Waals surface area contributed by atoms with Gasteiger partial charge in [-0.25, -0.2) is 0 Å². The van der Waals surface area contributed by atoms with Gasteiger partial charge < -0.3 is 9.47 Å². The van der Waals surface area contributed by atoms with Crippen molar-refractivity contribution < 1.29 is 14.3 Å². The zero-order chi connectivity index (χ0) is 13.1. The summed E-state index contributed by atoms with van der Waals surface area (Å²) in [6.07, 6.45) is 0.997. The molecule has 1 aromatic rings. The molecule has 2 rings (SSSR count). The van der Waals surface area contributed by atoms with E-state index in [2.05, 4.69) is 19.1 Å². The number of carbonyl (C=O) groups excluding carboxylic acids is 1. The highest BCUT2D eigenvalue weighted by Gasteiger charge is 2.39. The van der Waals surface area contributed by atoms with Crippen LogP contribution < -0.4 is 0 Å². The van der Waals surface area contributed by atoms with Crippen LogP contribution in [0.3, 0.4) is 0 Å². The van der Waals surface area contributed by atoms with Gasteiger partial charge in [-0.1, -0.05) is 37.3 Å². The van der Waals surface area contributed by atoms with Crippen LogP contribution in [0.1, 0.15) is 31.9 Å². The Labute approximate surface area is 108 Å². The van der Waals surface area contributed by atoms with Crippen LogP contribution in [0.25, 0.3) is 0 Å². The van der Waals surface area contributed by atoms with Crippen LogP contribution in [0.2, 0.25) is 0 Å². The van der Waals surface area contributed by atoms with Crippen LogP contribution in [0.4, 0.5) is 0 Å². The highest BCUT2D eigenvalue weighted by Crippen LogP contribution is 2.39. The number of methoxy groups -OCH3 is 1. The highest BCUT2D eigenvalue weighted by atomic mass is 16.5. The van der Waals surface area contributed by atoms with Crippen LogP contribution in [0, 0.1) is 11.8 Å². The van der Waals surface area contributed by atoms with Crippen molar-refractivity contribution in [1.29, 1.82) is 0 Å². The standard InChI is InChI=1S/C15H20O3/c1-10-9-13(12-7-5-4-6-8-12)18-14(10)11(2)15(16)17-3/h4-8,10-11,13-14H,9H2,1-3H3/t10-,11-,13+,14-/m1/s1. The molecule has 0 aliphatic carbocycles. The van der Waals surface area contributed by atoms with Gasteiger partial charge in [0.25, 0.3) is 0 Å². The molecule has 0 bridgehead atoms. The summed E-state index contributed by atoms with van der Waals surface area (Å²) in [5.41, 5.74) is 1.18. The summed E-state index contributed by atoms with van der Waals surface area (Å²) in [4.78, 5) is 11.6. The lowest BCUT2D eigenvalue weighted by Gasteiger charge is -2.21. The van der Waals surface area contributed by atoms with Crippen molar-refractivity contribution >= 4 is 5.97 Å². The molecule has 1 aliphatic rings. The van der Waals surface area contributed by atoms with Crippen molar-refractivity contribution in [3.63, 3.8) is 0 Å². The second kappa shape index (κ2) is 5.53. The topological polar surface area (TPSA) is 35.5 Å². The van der Waals surface area contributed by atoms with Gasteiger partial charge in [-0.2, -0.15) is 0 Å². The number of benzene rings is 1. The fraction of sp³-hybridized carbons (Fsp3) is 0.533. The lowest BCUT2D eigenvalue weighted by molar-refractivity contribution is -0.150. The van der Waals surface area contributed by atoms with Crippen molar-refractivity contribution in [3.05, 3.63) is 35.9 Å². The van der Waals surface area contributed by atoms with E-state index in [-0.39, 0.29) is 24.1 Å². The maximum Gasteiger partial charge on any atom is 0.311 e. The van der Waals surface area contributed by atoms with Gasteiger partial charge in [0.15, 0.2) is 0 Å². The minimum atomic E-state index is -0.210. The molecule has 3 heteroatoms. The Hall–Kier alpha value is -1.35. The third kappa shape index (κ3) is 2.56. The number of carbonyl (C=O) groups is 1. The fourth-order valence-electron chi connectivity index (χ4n) is 2.66. The predicted molar refractivity (Wildman–Crippen MR) is 69.0 cm³/mol. The minimum absolute atomic E-state index is 0.0531. The maximum atomic E-state index is 11.6. The molecule has 0 amide bonds. The zero-order valence-corrected chi connectivity index (χ0v) is 11.1. The number of hydrogen-bond acceptors (Lipinski definition) is 3. The third-order valence-electron chi connectivity index (χ3n) is 3.71. The van der Waals surface area contributed by atoms with Gasteiger partial charge in [-0.3, -0.25) is 4.79 Å². The van der Waals surface area contributed by atoms with Gasteiger partial charge in [-0.05, 0) is 24.8 Å². The van der Waals surface area contributed by atoms with Crippen LogP contribution in [0.5, 0.6) is 0 Å². The summed E-state index contributed by atoms with van der Waals surface area (Å²) >= 11 is 0. The van der Waals surface area contributed by atoms with Crippen LogP contribution in [0.15, 0.2) is 30.3 Å². The Morgan fingerprint density at radius 1 is 1.39 bits per heavy atom. The largest absolute Gasteiger partial charge is 0.469 e. The second-order valence-electron chi connectivity index (χ2n) is 5.02. The summed E-state index contributed by atoms with van der Waals surface area (Å²) in [6.45, 7) is 4.01. The quantitative estimate of drug-likeness (QED) is 0.771. The molecule has 0 unspecified atom stereocenters. The first kappa shape index (κ1) is 13.1. The van der Waals surface area contributed by atoms with E-state index < -0.39 is 0 Å². The summed E-state index contributed by atoms with van der Waals surface area (Å²) in [7, 11) is 1.42. The van der Waals surface area contributed by atoms with E-state index in [1.165, 1.54) is 12.7 Å². The van der Waals surface area contributed by atoms with Crippen molar-refractivity contribution in [2.24, 2.45) is 11.8 Å². The minimum Gasteiger partial charge on any atom is -0.469 e. The molecule has 3 nitrogen and oxygen atoms in total. The van der Waals surface area contributed by atoms with Gasteiger partial charge >= 0.3 is 5.97 Å². The first-order chi connectivity index (χ1) is 8.63. The first-order valence-electron chi connectivity index (χ1n) is 6.41. The molecule has 98 valence electrons. The van der Waals surface area contributed by atoms with E-state index in [9.17, 15) is 4.79 Å². The average Bonchev–Trinajstić information content (AvgIpc) is 2.80. The number of esters is 1. The van der Waals surface area contributed by atoms with Crippen molar-refractivity contribution in [3.8, 4) is 0 Å². The van der Waals surface area contributed by atoms with Gasteiger partial charge in [0.05, 0.1) is 25.2 Å². The van der Waals surface area contributed by atoms with Gasteiger partial charge in [0.2, 0.25) is 0 Å². The normalized spacial score (nSPS) is 28.9. The molecule has 0 N–H and O–H groups in total. The fourth-order valence-corrected chi connectivity index (χ4v) is 2.66. The summed E-state index contributed by atoms with van der Waals surface area (Å²) in [6, 6.07) is 10.2. The Balaban J connectivity index is 2.07. The van der Waals surface area contributed by atoms with E-state index >= 15 is 0 Å². The molecular formula is C15H20O3. The molecule has 1 saturated heterocycles. The summed E-state index contributed by atoms with van der Waals surface area (Å²) < 4.78 is 10.8. The first-order valence-corrected chi connectivity index (χ1v) is 6.41. The van der Waals surface area contributed by atoms with E-state index in [1.807, 2.05) is 25.1 Å². The molecule has 0 radical (unpaired) electrons. The zero-order valence-electron chi connectivity index (χ0n) is 11.1. The summed E-state index contributed by atoms with van der Waals surface area (Å²) in [5.74, 6) is -0.0384. The second-order valence-corrected chi connectivity index (χ2v) is 5.02. The van der Waals surface area contributed by atoms with E-state index in [4.69, 9.17) is 9.47 Å². The Bertz CT molecular complexity index is 401. The van der Waals surface area contributed by atoms with Gasteiger partial charge in [0, 0.05) is 0 Å². The van der Waals surface area contributed by atoms with Crippen LogP contribution in [-0.4, -0.2) is 19.2 Å². The van der Waals surface area contributed by atoms with Crippen molar-refractivity contribution in [2.45, 2.75) is 32.5 Å². The molecule has 0 aromatic heterocycles. The molecular weight excluding hydrogens is 228 g/mol. The van der Waals surface area contributed by atoms with E-state index in [0.717, 1.165) is 6.42 Å². The van der Waals surface area contributed by atoms with Gasteiger partial charge in [0.1, 0.15) is 0 Å². The monoisotopic (exact) mass is 248 g/mol. The lowest BCUT2D eigenvalue weighted by Crippen LogP contribution is -2.30. The Morgan fingerprint density at radius 2 is 2.06 bits per heavy atom. The molecule has 1 heterocycles. The Morgan fingerprint density at radius 3 is 2.67 bits per heavy atom.